The molecule has 0 bridgehead atoms. The lowest BCUT2D eigenvalue weighted by atomic mass is 9.96. The lowest BCUT2D eigenvalue weighted by Crippen LogP contribution is -2.42. The molecule has 0 aliphatic carbocycles. The molecule has 1 aliphatic rings. The largest absolute Gasteiger partial charge is 0.416 e. The molecule has 1 aromatic carbocycles. The molecule has 7 heteroatoms. The van der Waals surface area contributed by atoms with Crippen LogP contribution in [0.5, 0.6) is 0 Å². The van der Waals surface area contributed by atoms with Crippen LogP contribution in [-0.2, 0) is 12.6 Å². The number of hydrogen-bond acceptors (Lipinski definition) is 3. The minimum atomic E-state index is -4.31. The average molecular weight is 405 g/mol. The molecular weight excluding hydrogens is 379 g/mol. The van der Waals surface area contributed by atoms with E-state index in [-0.39, 0.29) is 5.91 Å². The third-order valence-corrected chi connectivity index (χ3v) is 5.34. The Morgan fingerprint density at radius 3 is 2.79 bits per heavy atom. The lowest BCUT2D eigenvalue weighted by molar-refractivity contribution is -0.137. The highest BCUT2D eigenvalue weighted by Gasteiger charge is 2.30. The number of halogens is 3. The first-order valence-electron chi connectivity index (χ1n) is 9.88. The Morgan fingerprint density at radius 1 is 1.24 bits per heavy atom. The number of carbonyl (C=O) groups excluding carboxylic acids is 1. The molecule has 0 radical (unpaired) electrons. The Labute approximate surface area is 169 Å². The maximum absolute atomic E-state index is 12.9. The summed E-state index contributed by atoms with van der Waals surface area (Å²) in [6.07, 6.45) is -0.0493. The van der Waals surface area contributed by atoms with Crippen molar-refractivity contribution in [2.24, 2.45) is 5.92 Å². The van der Waals surface area contributed by atoms with Crippen molar-refractivity contribution in [3.63, 3.8) is 0 Å². The smallest absolute Gasteiger partial charge is 0.340 e. The molecule has 1 fully saturated rings. The summed E-state index contributed by atoms with van der Waals surface area (Å²) in [5.41, 5.74) is 0.540. The highest BCUT2D eigenvalue weighted by molar-refractivity contribution is 5.92. The van der Waals surface area contributed by atoms with Crippen molar-refractivity contribution in [3.8, 4) is 0 Å². The summed E-state index contributed by atoms with van der Waals surface area (Å²) in [7, 11) is 1.79. The fraction of sp³-hybridized carbons (Fsp3) is 0.455. The van der Waals surface area contributed by atoms with Gasteiger partial charge in [0.15, 0.2) is 0 Å². The minimum absolute atomic E-state index is 0.0910. The first-order chi connectivity index (χ1) is 13.8. The second kappa shape index (κ2) is 9.39. The monoisotopic (exact) mass is 405 g/mol. The maximum Gasteiger partial charge on any atom is 0.416 e. The van der Waals surface area contributed by atoms with E-state index in [0.717, 1.165) is 38.5 Å². The maximum atomic E-state index is 12.9. The van der Waals surface area contributed by atoms with Crippen molar-refractivity contribution in [1.29, 1.82) is 0 Å². The molecule has 2 aromatic rings. The van der Waals surface area contributed by atoms with E-state index in [9.17, 15) is 18.0 Å². The first kappa shape index (κ1) is 21.3. The van der Waals surface area contributed by atoms with Gasteiger partial charge in [-0.05, 0) is 55.5 Å². The van der Waals surface area contributed by atoms with Crippen molar-refractivity contribution in [1.82, 2.24) is 14.8 Å². The van der Waals surface area contributed by atoms with Crippen LogP contribution in [0.25, 0.3) is 0 Å². The van der Waals surface area contributed by atoms with E-state index < -0.39 is 11.7 Å². The summed E-state index contributed by atoms with van der Waals surface area (Å²) < 4.78 is 38.6. The van der Waals surface area contributed by atoms with Gasteiger partial charge in [-0.1, -0.05) is 24.3 Å². The van der Waals surface area contributed by atoms with Crippen LogP contribution >= 0.6 is 0 Å². The van der Waals surface area contributed by atoms with Gasteiger partial charge in [0, 0.05) is 32.9 Å². The molecule has 4 nitrogen and oxygen atoms in total. The van der Waals surface area contributed by atoms with Gasteiger partial charge in [-0.3, -0.25) is 9.78 Å². The Hall–Kier alpha value is -2.41. The van der Waals surface area contributed by atoms with Gasteiger partial charge in [0.25, 0.3) is 5.91 Å². The molecule has 0 saturated carbocycles. The molecular formula is C22H26F3N3O. The van der Waals surface area contributed by atoms with Crippen LogP contribution < -0.4 is 0 Å². The number of carbonyl (C=O) groups is 1. The van der Waals surface area contributed by atoms with E-state index in [1.165, 1.54) is 12.1 Å². The number of likely N-dealkylation sites (tertiary alicyclic amines) is 1. The molecule has 2 heterocycles. The number of benzene rings is 1. The van der Waals surface area contributed by atoms with Crippen molar-refractivity contribution < 1.29 is 18.0 Å². The standard InChI is InChI=1S/C22H26F3N3O/c1-27(21(29)20-9-2-3-11-26-20)15-18-7-5-12-28(16-18)13-10-17-6-4-8-19(14-17)22(23,24)25/h2-4,6,8-9,11,14,18H,5,7,10,12-13,15-16H2,1H3. The molecule has 29 heavy (non-hydrogen) atoms. The van der Waals surface area contributed by atoms with Gasteiger partial charge in [0.05, 0.1) is 5.56 Å². The van der Waals surface area contributed by atoms with E-state index in [4.69, 9.17) is 0 Å². The summed E-state index contributed by atoms with van der Waals surface area (Å²) in [6, 6.07) is 10.8. The van der Waals surface area contributed by atoms with Crippen molar-refractivity contribution in [3.05, 3.63) is 65.5 Å². The van der Waals surface area contributed by atoms with Gasteiger partial charge in [-0.25, -0.2) is 0 Å². The van der Waals surface area contributed by atoms with E-state index >= 15 is 0 Å². The first-order valence-corrected chi connectivity index (χ1v) is 9.88. The molecule has 3 rings (SSSR count). The zero-order valence-electron chi connectivity index (χ0n) is 16.5. The summed E-state index contributed by atoms with van der Waals surface area (Å²) in [5, 5.41) is 0. The predicted octanol–water partition coefficient (Wildman–Crippen LogP) is 4.13. The predicted molar refractivity (Wildman–Crippen MR) is 106 cm³/mol. The van der Waals surface area contributed by atoms with Crippen LogP contribution in [-0.4, -0.2) is 53.9 Å². The van der Waals surface area contributed by atoms with Gasteiger partial charge in [-0.15, -0.1) is 0 Å². The van der Waals surface area contributed by atoms with Crippen molar-refractivity contribution >= 4 is 5.91 Å². The van der Waals surface area contributed by atoms with Crippen LogP contribution in [0.4, 0.5) is 13.2 Å². The summed E-state index contributed by atoms with van der Waals surface area (Å²) >= 11 is 0. The van der Waals surface area contributed by atoms with Crippen LogP contribution in [0.3, 0.4) is 0 Å². The zero-order valence-corrected chi connectivity index (χ0v) is 16.5. The number of pyridine rings is 1. The second-order valence-electron chi connectivity index (χ2n) is 7.66. The zero-order chi connectivity index (χ0) is 20.9. The van der Waals surface area contributed by atoms with E-state index in [1.54, 1.807) is 42.4 Å². The van der Waals surface area contributed by atoms with Crippen LogP contribution in [0.1, 0.15) is 34.5 Å². The normalized spacial score (nSPS) is 17.9. The summed E-state index contributed by atoms with van der Waals surface area (Å²) in [4.78, 5) is 20.6. The van der Waals surface area contributed by atoms with Gasteiger partial charge >= 0.3 is 6.18 Å². The van der Waals surface area contributed by atoms with Crippen LogP contribution in [0, 0.1) is 5.92 Å². The van der Waals surface area contributed by atoms with Gasteiger partial charge in [0.2, 0.25) is 0 Å². The summed E-state index contributed by atoms with van der Waals surface area (Å²) in [5.74, 6) is 0.259. The topological polar surface area (TPSA) is 36.4 Å². The number of piperidine rings is 1. The number of aromatic nitrogens is 1. The van der Waals surface area contributed by atoms with Gasteiger partial charge in [0.1, 0.15) is 5.69 Å². The number of hydrogen-bond donors (Lipinski definition) is 0. The van der Waals surface area contributed by atoms with Gasteiger partial charge < -0.3 is 9.80 Å². The highest BCUT2D eigenvalue weighted by Crippen LogP contribution is 2.29. The molecule has 156 valence electrons. The molecule has 0 N–H and O–H groups in total. The van der Waals surface area contributed by atoms with E-state index in [0.29, 0.717) is 30.1 Å². The quantitative estimate of drug-likeness (QED) is 0.725. The molecule has 1 aromatic heterocycles. The molecule has 1 unspecified atom stereocenters. The fourth-order valence-electron chi connectivity index (χ4n) is 3.85. The van der Waals surface area contributed by atoms with Crippen molar-refractivity contribution in [2.75, 3.05) is 33.2 Å². The molecule has 1 aliphatic heterocycles. The van der Waals surface area contributed by atoms with Crippen LogP contribution in [0.2, 0.25) is 0 Å². The van der Waals surface area contributed by atoms with Gasteiger partial charge in [-0.2, -0.15) is 13.2 Å². The Bertz CT molecular complexity index is 810. The average Bonchev–Trinajstić information content (AvgIpc) is 2.72. The molecule has 1 saturated heterocycles. The van der Waals surface area contributed by atoms with E-state index in [1.807, 2.05) is 0 Å². The SMILES string of the molecule is CN(CC1CCCN(CCc2cccc(C(F)(F)F)c2)C1)C(=O)c1ccccn1. The summed E-state index contributed by atoms with van der Waals surface area (Å²) in [6.45, 7) is 3.15. The number of amides is 1. The third-order valence-electron chi connectivity index (χ3n) is 5.34. The Kier molecular flexibility index (Phi) is 6.90. The number of rotatable bonds is 6. The second-order valence-corrected chi connectivity index (χ2v) is 7.66. The molecule has 1 amide bonds. The van der Waals surface area contributed by atoms with Crippen LogP contribution in [0.15, 0.2) is 48.7 Å². The van der Waals surface area contributed by atoms with Crippen molar-refractivity contribution in [2.45, 2.75) is 25.4 Å². The Balaban J connectivity index is 1.51. The Morgan fingerprint density at radius 2 is 2.07 bits per heavy atom. The number of nitrogens with zero attached hydrogens (tertiary/aromatic N) is 3. The minimum Gasteiger partial charge on any atom is -0.340 e. The van der Waals surface area contributed by atoms with E-state index in [2.05, 4.69) is 9.88 Å². The molecule has 1 atom stereocenters. The fourth-order valence-corrected chi connectivity index (χ4v) is 3.85. The third kappa shape index (κ3) is 6.03. The highest BCUT2D eigenvalue weighted by atomic mass is 19.4. The lowest BCUT2D eigenvalue weighted by Gasteiger charge is -2.34. The number of alkyl halides is 3. The molecule has 0 spiro atoms.